The molecule has 2 aromatic carbocycles. The highest BCUT2D eigenvalue weighted by molar-refractivity contribution is 7.12. The van der Waals surface area contributed by atoms with Crippen LogP contribution in [0.25, 0.3) is 16.4 Å². The Kier molecular flexibility index (Phi) is 5.17. The van der Waals surface area contributed by atoms with Gasteiger partial charge in [-0.1, -0.05) is 32.9 Å². The number of carbonyl (C=O) groups excluding carboxylic acids is 1. The van der Waals surface area contributed by atoms with Crippen molar-refractivity contribution in [2.24, 2.45) is 0 Å². The lowest BCUT2D eigenvalue weighted by molar-refractivity contribution is 0.102. The van der Waals surface area contributed by atoms with Crippen molar-refractivity contribution in [1.29, 1.82) is 0 Å². The molecule has 0 saturated carbocycles. The minimum absolute atomic E-state index is 0.0330. The number of anilines is 1. The first-order chi connectivity index (χ1) is 15.8. The molecule has 33 heavy (non-hydrogen) atoms. The maximum atomic E-state index is 12.9. The number of hydrogen-bond acceptors (Lipinski definition) is 6. The highest BCUT2D eigenvalue weighted by Gasteiger charge is 2.19. The van der Waals surface area contributed by atoms with Crippen molar-refractivity contribution in [3.63, 3.8) is 0 Å². The number of hydrogen-bond donors (Lipinski definition) is 1. The van der Waals surface area contributed by atoms with Crippen LogP contribution >= 0.6 is 11.3 Å². The van der Waals surface area contributed by atoms with Gasteiger partial charge in [0.25, 0.3) is 5.91 Å². The van der Waals surface area contributed by atoms with Crippen LogP contribution in [0, 0.1) is 6.92 Å². The molecule has 8 heteroatoms. The number of thiazole rings is 1. The topological polar surface area (TPSA) is 78.3 Å². The Morgan fingerprint density at radius 2 is 1.82 bits per heavy atom. The van der Waals surface area contributed by atoms with Crippen LogP contribution in [0.5, 0.6) is 11.5 Å². The van der Waals surface area contributed by atoms with E-state index in [9.17, 15) is 4.79 Å². The minimum atomic E-state index is -0.191. The molecule has 0 spiro atoms. The maximum Gasteiger partial charge on any atom is 0.256 e. The molecule has 0 aliphatic carbocycles. The van der Waals surface area contributed by atoms with E-state index >= 15 is 0 Å². The van der Waals surface area contributed by atoms with Gasteiger partial charge in [-0.25, -0.2) is 4.98 Å². The van der Waals surface area contributed by atoms with Gasteiger partial charge < -0.3 is 14.8 Å². The third kappa shape index (κ3) is 4.21. The van der Waals surface area contributed by atoms with Crippen molar-refractivity contribution >= 4 is 23.1 Å². The summed E-state index contributed by atoms with van der Waals surface area (Å²) in [4.78, 5) is 17.6. The van der Waals surface area contributed by atoms with E-state index in [1.807, 2.05) is 60.8 Å². The van der Waals surface area contributed by atoms with Crippen LogP contribution in [0.3, 0.4) is 0 Å². The Morgan fingerprint density at radius 3 is 2.58 bits per heavy atom. The predicted molar refractivity (Wildman–Crippen MR) is 129 cm³/mol. The lowest BCUT2D eigenvalue weighted by atomic mass is 9.87. The molecule has 1 amide bonds. The molecule has 0 fully saturated rings. The van der Waals surface area contributed by atoms with E-state index in [-0.39, 0.29) is 18.1 Å². The van der Waals surface area contributed by atoms with E-state index < -0.39 is 0 Å². The van der Waals surface area contributed by atoms with Gasteiger partial charge in [0.05, 0.1) is 11.4 Å². The summed E-state index contributed by atoms with van der Waals surface area (Å²) in [5.74, 6) is 1.83. The van der Waals surface area contributed by atoms with Crippen LogP contribution in [0.1, 0.15) is 42.4 Å². The molecular weight excluding hydrogens is 436 g/mol. The Morgan fingerprint density at radius 1 is 1.06 bits per heavy atom. The van der Waals surface area contributed by atoms with Gasteiger partial charge >= 0.3 is 0 Å². The standard InChI is InChI=1S/C25H24N4O3S/c1-15-11-22(27-23(30)16-5-8-18(9-6-16)25(2,3)4)29(28-15)24-26-19(13-33-24)17-7-10-20-21(12-17)32-14-31-20/h5-13H,14H2,1-4H3,(H,27,30). The monoisotopic (exact) mass is 460 g/mol. The highest BCUT2D eigenvalue weighted by Crippen LogP contribution is 2.36. The van der Waals surface area contributed by atoms with Gasteiger partial charge in [0, 0.05) is 22.6 Å². The molecular formula is C25H24N4O3S. The van der Waals surface area contributed by atoms with Gasteiger partial charge in [-0.15, -0.1) is 11.3 Å². The van der Waals surface area contributed by atoms with Gasteiger partial charge in [-0.3, -0.25) is 4.79 Å². The summed E-state index contributed by atoms with van der Waals surface area (Å²) in [6, 6.07) is 15.3. The van der Waals surface area contributed by atoms with Crippen molar-refractivity contribution in [3.05, 3.63) is 70.7 Å². The molecule has 0 radical (unpaired) electrons. The zero-order valence-electron chi connectivity index (χ0n) is 18.9. The van der Waals surface area contributed by atoms with Crippen molar-refractivity contribution < 1.29 is 14.3 Å². The average molecular weight is 461 g/mol. The fourth-order valence-electron chi connectivity index (χ4n) is 3.59. The quantitative estimate of drug-likeness (QED) is 0.430. The van der Waals surface area contributed by atoms with Crippen LogP contribution < -0.4 is 14.8 Å². The number of benzene rings is 2. The number of aryl methyl sites for hydroxylation is 1. The molecule has 0 saturated heterocycles. The van der Waals surface area contributed by atoms with Crippen molar-refractivity contribution in [2.75, 3.05) is 12.1 Å². The first-order valence-corrected chi connectivity index (χ1v) is 11.5. The first kappa shape index (κ1) is 21.2. The molecule has 1 aliphatic rings. The minimum Gasteiger partial charge on any atom is -0.454 e. The second kappa shape index (κ2) is 8.04. The predicted octanol–water partition coefficient (Wildman–Crippen LogP) is 5.58. The van der Waals surface area contributed by atoms with E-state index in [0.29, 0.717) is 22.3 Å². The number of aromatic nitrogens is 3. The summed E-state index contributed by atoms with van der Waals surface area (Å²) in [6.45, 7) is 8.56. The molecule has 1 N–H and O–H groups in total. The Balaban J connectivity index is 1.39. The molecule has 0 atom stereocenters. The SMILES string of the molecule is Cc1cc(NC(=O)c2ccc(C(C)(C)C)cc2)n(-c2nc(-c3ccc4c(c3)OCO4)cs2)n1. The van der Waals surface area contributed by atoms with Gasteiger partial charge in [0.1, 0.15) is 5.82 Å². The highest BCUT2D eigenvalue weighted by atomic mass is 32.1. The number of rotatable bonds is 4. The smallest absolute Gasteiger partial charge is 0.256 e. The lowest BCUT2D eigenvalue weighted by Crippen LogP contribution is -2.16. The summed E-state index contributed by atoms with van der Waals surface area (Å²) in [7, 11) is 0. The van der Waals surface area contributed by atoms with Crippen LogP contribution in [0.2, 0.25) is 0 Å². The van der Waals surface area contributed by atoms with Crippen LogP contribution in [0.15, 0.2) is 53.9 Å². The molecule has 3 heterocycles. The third-order valence-corrected chi connectivity index (χ3v) is 6.24. The van der Waals surface area contributed by atoms with Crippen LogP contribution in [-0.4, -0.2) is 27.5 Å². The molecule has 0 unspecified atom stereocenters. The first-order valence-electron chi connectivity index (χ1n) is 10.6. The fourth-order valence-corrected chi connectivity index (χ4v) is 4.39. The van der Waals surface area contributed by atoms with Crippen molar-refractivity contribution in [1.82, 2.24) is 14.8 Å². The number of nitrogens with zero attached hydrogens (tertiary/aromatic N) is 3. The summed E-state index contributed by atoms with van der Waals surface area (Å²) in [6.07, 6.45) is 0. The summed E-state index contributed by atoms with van der Waals surface area (Å²) in [5, 5.41) is 10.1. The summed E-state index contributed by atoms with van der Waals surface area (Å²) < 4.78 is 12.5. The van der Waals surface area contributed by atoms with E-state index in [0.717, 1.165) is 22.7 Å². The fraction of sp³-hybridized carbons (Fsp3) is 0.240. The second-order valence-electron chi connectivity index (χ2n) is 8.95. The summed E-state index contributed by atoms with van der Waals surface area (Å²) >= 11 is 1.45. The zero-order valence-corrected chi connectivity index (χ0v) is 19.7. The Bertz CT molecular complexity index is 1330. The van der Waals surface area contributed by atoms with Crippen LogP contribution in [0.4, 0.5) is 5.82 Å². The number of fused-ring (bicyclic) bond motifs is 1. The van der Waals surface area contributed by atoms with E-state index in [1.54, 1.807) is 4.68 Å². The molecule has 7 nitrogen and oxygen atoms in total. The lowest BCUT2D eigenvalue weighted by Gasteiger charge is -2.19. The molecule has 1 aliphatic heterocycles. The molecule has 4 aromatic rings. The molecule has 0 bridgehead atoms. The number of ether oxygens (including phenoxy) is 2. The van der Waals surface area contributed by atoms with Crippen molar-refractivity contribution in [3.8, 4) is 27.9 Å². The van der Waals surface area contributed by atoms with E-state index in [4.69, 9.17) is 14.5 Å². The normalized spacial score (nSPS) is 12.7. The maximum absolute atomic E-state index is 12.9. The molecule has 5 rings (SSSR count). The number of carbonyl (C=O) groups is 1. The third-order valence-electron chi connectivity index (χ3n) is 5.43. The largest absolute Gasteiger partial charge is 0.454 e. The number of amides is 1. The van der Waals surface area contributed by atoms with Gasteiger partial charge in [0.2, 0.25) is 11.9 Å². The van der Waals surface area contributed by atoms with Gasteiger partial charge in [-0.2, -0.15) is 9.78 Å². The van der Waals surface area contributed by atoms with Crippen LogP contribution in [-0.2, 0) is 5.41 Å². The van der Waals surface area contributed by atoms with Gasteiger partial charge in [-0.05, 0) is 48.2 Å². The average Bonchev–Trinajstić information content (AvgIpc) is 3.52. The van der Waals surface area contributed by atoms with Crippen molar-refractivity contribution in [2.45, 2.75) is 33.1 Å². The van der Waals surface area contributed by atoms with Gasteiger partial charge in [0.15, 0.2) is 11.5 Å². The Hall–Kier alpha value is -3.65. The zero-order chi connectivity index (χ0) is 23.2. The summed E-state index contributed by atoms with van der Waals surface area (Å²) in [5.41, 5.74) is 4.32. The number of nitrogens with one attached hydrogen (secondary N) is 1. The van der Waals surface area contributed by atoms with E-state index in [1.165, 1.54) is 16.9 Å². The molecule has 168 valence electrons. The molecule has 2 aromatic heterocycles. The Labute approximate surface area is 196 Å². The second-order valence-corrected chi connectivity index (χ2v) is 9.78. The van der Waals surface area contributed by atoms with E-state index in [2.05, 4.69) is 31.2 Å².